The first-order valence-electron chi connectivity index (χ1n) is 8.31. The monoisotopic (exact) mass is 349 g/mol. The zero-order valence-corrected chi connectivity index (χ0v) is 15.4. The van der Waals surface area contributed by atoms with Crippen LogP contribution >= 0.6 is 11.8 Å². The van der Waals surface area contributed by atoms with Gasteiger partial charge in [-0.1, -0.05) is 12.5 Å². The van der Waals surface area contributed by atoms with Crippen LogP contribution < -0.4 is 15.9 Å². The number of ether oxygens (including phenoxy) is 1. The van der Waals surface area contributed by atoms with E-state index in [4.69, 9.17) is 19.8 Å². The SMILES string of the molecule is CC1(C)OB(c2ccc(OC(N)=O)cc2SC2CCC2)OC1(C)C. The second-order valence-corrected chi connectivity index (χ2v) is 8.72. The lowest BCUT2D eigenvalue weighted by molar-refractivity contribution is 0.00578. The van der Waals surface area contributed by atoms with Gasteiger partial charge < -0.3 is 19.8 Å². The number of carbonyl (C=O) groups is 1. The summed E-state index contributed by atoms with van der Waals surface area (Å²) in [4.78, 5) is 12.0. The van der Waals surface area contributed by atoms with Gasteiger partial charge in [0.15, 0.2) is 0 Å². The summed E-state index contributed by atoms with van der Waals surface area (Å²) in [5, 5.41) is 0.593. The van der Waals surface area contributed by atoms with Crippen LogP contribution in [0.5, 0.6) is 5.75 Å². The number of nitrogens with two attached hydrogens (primary N) is 1. The maximum absolute atomic E-state index is 11.0. The van der Waals surface area contributed by atoms with E-state index in [0.717, 1.165) is 10.4 Å². The molecule has 1 saturated heterocycles. The van der Waals surface area contributed by atoms with Gasteiger partial charge in [0.1, 0.15) is 5.75 Å². The van der Waals surface area contributed by atoms with Crippen molar-refractivity contribution in [2.45, 2.75) is 68.3 Å². The average Bonchev–Trinajstić information content (AvgIpc) is 2.62. The fraction of sp³-hybridized carbons (Fsp3) is 0.588. The highest BCUT2D eigenvalue weighted by Crippen LogP contribution is 2.40. The van der Waals surface area contributed by atoms with Crippen LogP contribution in [0.4, 0.5) is 4.79 Å². The van der Waals surface area contributed by atoms with Gasteiger partial charge in [-0.3, -0.25) is 0 Å². The Hall–Kier alpha value is -1.18. The fourth-order valence-electron chi connectivity index (χ4n) is 2.63. The van der Waals surface area contributed by atoms with E-state index in [2.05, 4.69) is 0 Å². The van der Waals surface area contributed by atoms with Crippen molar-refractivity contribution in [3.63, 3.8) is 0 Å². The quantitative estimate of drug-likeness (QED) is 0.846. The highest BCUT2D eigenvalue weighted by molar-refractivity contribution is 8.00. The van der Waals surface area contributed by atoms with Crippen molar-refractivity contribution in [3.8, 4) is 5.75 Å². The number of hydrogen-bond donors (Lipinski definition) is 1. The van der Waals surface area contributed by atoms with Crippen LogP contribution in [0.25, 0.3) is 0 Å². The minimum atomic E-state index is -0.807. The molecule has 24 heavy (non-hydrogen) atoms. The predicted molar refractivity (Wildman–Crippen MR) is 95.9 cm³/mol. The van der Waals surface area contributed by atoms with Gasteiger partial charge in [0.05, 0.1) is 11.2 Å². The Balaban J connectivity index is 1.89. The molecule has 1 heterocycles. The molecule has 3 rings (SSSR count). The maximum Gasteiger partial charge on any atom is 0.495 e. The molecule has 2 aliphatic rings. The van der Waals surface area contributed by atoms with Crippen LogP contribution in [0.2, 0.25) is 0 Å². The van der Waals surface area contributed by atoms with Crippen LogP contribution in [0.15, 0.2) is 23.1 Å². The Morgan fingerprint density at radius 2 is 1.88 bits per heavy atom. The molecule has 1 aromatic rings. The molecule has 7 heteroatoms. The number of thioether (sulfide) groups is 1. The first-order chi connectivity index (χ1) is 11.2. The van der Waals surface area contributed by atoms with Gasteiger partial charge in [-0.15, -0.1) is 11.8 Å². The molecule has 1 aliphatic heterocycles. The summed E-state index contributed by atoms with van der Waals surface area (Å²) in [6, 6.07) is 5.49. The highest BCUT2D eigenvalue weighted by atomic mass is 32.2. The molecule has 0 atom stereocenters. The van der Waals surface area contributed by atoms with Crippen LogP contribution in [-0.2, 0) is 9.31 Å². The maximum atomic E-state index is 11.0. The van der Waals surface area contributed by atoms with Gasteiger partial charge in [-0.25, -0.2) is 4.79 Å². The van der Waals surface area contributed by atoms with Gasteiger partial charge in [0, 0.05) is 10.1 Å². The van der Waals surface area contributed by atoms with E-state index < -0.39 is 24.4 Å². The minimum absolute atomic E-state index is 0.390. The third-order valence-corrected chi connectivity index (χ3v) is 6.47. The molecule has 0 bridgehead atoms. The van der Waals surface area contributed by atoms with Gasteiger partial charge in [0.25, 0.3) is 0 Å². The molecule has 0 radical (unpaired) electrons. The lowest BCUT2D eigenvalue weighted by atomic mass is 9.79. The molecule has 1 saturated carbocycles. The first-order valence-corrected chi connectivity index (χ1v) is 9.19. The van der Waals surface area contributed by atoms with Gasteiger partial charge >= 0.3 is 13.2 Å². The lowest BCUT2D eigenvalue weighted by Gasteiger charge is -2.32. The van der Waals surface area contributed by atoms with Crippen molar-refractivity contribution in [2.75, 3.05) is 0 Å². The first kappa shape index (κ1) is 17.6. The van der Waals surface area contributed by atoms with Gasteiger partial charge in [0.2, 0.25) is 0 Å². The van der Waals surface area contributed by atoms with Crippen LogP contribution in [-0.4, -0.2) is 29.7 Å². The Morgan fingerprint density at radius 1 is 1.25 bits per heavy atom. The number of rotatable bonds is 4. The molecule has 5 nitrogen and oxygen atoms in total. The Kier molecular flexibility index (Phi) is 4.62. The predicted octanol–water partition coefficient (Wildman–Crippen LogP) is 3.09. The number of carbonyl (C=O) groups excluding carboxylic acids is 1. The molecule has 0 spiro atoms. The third kappa shape index (κ3) is 3.43. The summed E-state index contributed by atoms with van der Waals surface area (Å²) in [6.45, 7) is 8.15. The second-order valence-electron chi connectivity index (χ2n) is 7.38. The van der Waals surface area contributed by atoms with E-state index in [-0.39, 0.29) is 0 Å². The standard InChI is InChI=1S/C17H24BNO4S/c1-16(2)17(3,4)23-18(22-16)13-9-8-11(21-15(19)20)10-14(13)24-12-6-5-7-12/h8-10,12H,5-7H2,1-4H3,(H2,19,20). The summed E-state index contributed by atoms with van der Waals surface area (Å²) in [7, 11) is -0.430. The average molecular weight is 349 g/mol. The molecule has 1 aromatic carbocycles. The van der Waals surface area contributed by atoms with Crippen molar-refractivity contribution >= 4 is 30.4 Å². The zero-order valence-electron chi connectivity index (χ0n) is 14.6. The van der Waals surface area contributed by atoms with Crippen molar-refractivity contribution in [1.82, 2.24) is 0 Å². The fourth-order valence-corrected chi connectivity index (χ4v) is 4.04. The second kappa shape index (κ2) is 6.28. The molecular formula is C17H24BNO4S. The Morgan fingerprint density at radius 3 is 2.38 bits per heavy atom. The lowest BCUT2D eigenvalue weighted by Crippen LogP contribution is -2.41. The largest absolute Gasteiger partial charge is 0.495 e. The summed E-state index contributed by atoms with van der Waals surface area (Å²) < 4.78 is 17.4. The number of hydrogen-bond acceptors (Lipinski definition) is 5. The number of benzene rings is 1. The summed E-state index contributed by atoms with van der Waals surface area (Å²) in [5.41, 5.74) is 5.32. The van der Waals surface area contributed by atoms with E-state index in [1.807, 2.05) is 39.8 Å². The number of amides is 1. The topological polar surface area (TPSA) is 70.8 Å². The molecule has 2 N–H and O–H groups in total. The zero-order chi connectivity index (χ0) is 17.5. The molecule has 0 unspecified atom stereocenters. The molecule has 0 aromatic heterocycles. The smallest absolute Gasteiger partial charge is 0.410 e. The van der Waals surface area contributed by atoms with Crippen molar-refractivity contribution in [1.29, 1.82) is 0 Å². The molecule has 2 fully saturated rings. The van der Waals surface area contributed by atoms with Crippen molar-refractivity contribution in [2.24, 2.45) is 5.73 Å². The van der Waals surface area contributed by atoms with Crippen molar-refractivity contribution < 1.29 is 18.8 Å². The molecule has 1 aliphatic carbocycles. The van der Waals surface area contributed by atoms with Gasteiger partial charge in [-0.2, -0.15) is 0 Å². The van der Waals surface area contributed by atoms with Crippen LogP contribution in [0.1, 0.15) is 47.0 Å². The Labute approximate surface area is 147 Å². The summed E-state index contributed by atoms with van der Waals surface area (Å²) in [6.07, 6.45) is 2.86. The van der Waals surface area contributed by atoms with E-state index in [1.54, 1.807) is 17.8 Å². The Bertz CT molecular complexity index is 629. The minimum Gasteiger partial charge on any atom is -0.410 e. The van der Waals surface area contributed by atoms with Gasteiger partial charge in [-0.05, 0) is 58.1 Å². The van der Waals surface area contributed by atoms with E-state index in [9.17, 15) is 4.79 Å². The third-order valence-electron chi connectivity index (χ3n) is 5.06. The summed E-state index contributed by atoms with van der Waals surface area (Å²) >= 11 is 1.79. The van der Waals surface area contributed by atoms with Crippen molar-refractivity contribution in [3.05, 3.63) is 18.2 Å². The normalized spacial score (nSPS) is 22.2. The summed E-state index contributed by atoms with van der Waals surface area (Å²) in [5.74, 6) is 0.449. The molecular weight excluding hydrogens is 325 g/mol. The molecule has 1 amide bonds. The number of primary amides is 1. The van der Waals surface area contributed by atoms with Crippen LogP contribution in [0, 0.1) is 0 Å². The van der Waals surface area contributed by atoms with E-state index >= 15 is 0 Å². The van der Waals surface area contributed by atoms with E-state index in [0.29, 0.717) is 11.0 Å². The highest BCUT2D eigenvalue weighted by Gasteiger charge is 2.52. The van der Waals surface area contributed by atoms with E-state index in [1.165, 1.54) is 19.3 Å². The molecule has 130 valence electrons. The van der Waals surface area contributed by atoms with Crippen LogP contribution in [0.3, 0.4) is 0 Å².